The van der Waals surface area contributed by atoms with Gasteiger partial charge in [0.1, 0.15) is 0 Å². The Hall–Kier alpha value is -2.66. The van der Waals surface area contributed by atoms with E-state index < -0.39 is 0 Å². The normalized spacial score (nSPS) is 10.4. The highest BCUT2D eigenvalue weighted by Crippen LogP contribution is 2.38. The van der Waals surface area contributed by atoms with Gasteiger partial charge in [0, 0.05) is 23.2 Å². The lowest BCUT2D eigenvalue weighted by atomic mass is 10.0. The first-order chi connectivity index (χ1) is 11.7. The maximum Gasteiger partial charge on any atom is 0.161 e. The number of thiophene rings is 1. The quantitative estimate of drug-likeness (QED) is 0.687. The predicted octanol–water partition coefficient (Wildman–Crippen LogP) is 4.63. The summed E-state index contributed by atoms with van der Waals surface area (Å²) >= 11 is 1.55. The molecule has 0 fully saturated rings. The number of nitrogen functional groups attached to an aromatic ring is 1. The van der Waals surface area contributed by atoms with Crippen molar-refractivity contribution in [3.8, 4) is 22.6 Å². The molecule has 0 amide bonds. The van der Waals surface area contributed by atoms with Crippen molar-refractivity contribution in [1.82, 2.24) is 0 Å². The molecule has 0 saturated carbocycles. The molecule has 3 rings (SSSR count). The summed E-state index contributed by atoms with van der Waals surface area (Å²) in [5, 5.41) is 6.32. The first-order valence-corrected chi connectivity index (χ1v) is 8.48. The van der Waals surface area contributed by atoms with E-state index in [-0.39, 0.29) is 0 Å². The van der Waals surface area contributed by atoms with Crippen LogP contribution in [0.1, 0.15) is 5.56 Å². The maximum atomic E-state index is 6.19. The van der Waals surface area contributed by atoms with Crippen molar-refractivity contribution in [2.45, 2.75) is 6.54 Å². The van der Waals surface area contributed by atoms with Gasteiger partial charge in [0.25, 0.3) is 0 Å². The van der Waals surface area contributed by atoms with Crippen LogP contribution in [0.15, 0.2) is 53.9 Å². The van der Waals surface area contributed by atoms with Gasteiger partial charge in [0.15, 0.2) is 11.5 Å². The van der Waals surface area contributed by atoms with Crippen LogP contribution in [0.2, 0.25) is 0 Å². The van der Waals surface area contributed by atoms with Crippen LogP contribution in [-0.4, -0.2) is 14.2 Å². The van der Waals surface area contributed by atoms with Gasteiger partial charge in [-0.15, -0.1) is 11.3 Å². The molecule has 0 aliphatic heterocycles. The Morgan fingerprint density at radius 3 is 2.46 bits per heavy atom. The molecule has 24 heavy (non-hydrogen) atoms. The third-order valence-electron chi connectivity index (χ3n) is 3.86. The van der Waals surface area contributed by atoms with E-state index in [4.69, 9.17) is 15.2 Å². The minimum Gasteiger partial charge on any atom is -0.493 e. The highest BCUT2D eigenvalue weighted by atomic mass is 32.1. The smallest absolute Gasteiger partial charge is 0.161 e. The SMILES string of the molecule is COc1ccc(-c2csc(N)c2CNc2ccccc2)cc1OC. The lowest BCUT2D eigenvalue weighted by Gasteiger charge is -2.12. The van der Waals surface area contributed by atoms with E-state index in [1.54, 1.807) is 25.6 Å². The number of hydrogen-bond acceptors (Lipinski definition) is 5. The van der Waals surface area contributed by atoms with Gasteiger partial charge in [-0.25, -0.2) is 0 Å². The van der Waals surface area contributed by atoms with Gasteiger partial charge in [0.2, 0.25) is 0 Å². The summed E-state index contributed by atoms with van der Waals surface area (Å²) in [5.41, 5.74) is 10.5. The third kappa shape index (κ3) is 3.31. The fourth-order valence-electron chi connectivity index (χ4n) is 2.57. The summed E-state index contributed by atoms with van der Waals surface area (Å²) in [6.07, 6.45) is 0. The zero-order valence-electron chi connectivity index (χ0n) is 13.7. The molecule has 0 spiro atoms. The van der Waals surface area contributed by atoms with E-state index in [0.717, 1.165) is 27.4 Å². The Labute approximate surface area is 145 Å². The zero-order valence-corrected chi connectivity index (χ0v) is 14.5. The molecular weight excluding hydrogens is 320 g/mol. The molecular formula is C19H20N2O2S. The number of methoxy groups -OCH3 is 2. The molecule has 3 N–H and O–H groups in total. The molecule has 124 valence electrons. The molecule has 2 aromatic carbocycles. The predicted molar refractivity (Wildman–Crippen MR) is 101 cm³/mol. The highest BCUT2D eigenvalue weighted by molar-refractivity contribution is 7.14. The van der Waals surface area contributed by atoms with E-state index in [2.05, 4.69) is 10.7 Å². The minimum atomic E-state index is 0.670. The number of benzene rings is 2. The van der Waals surface area contributed by atoms with E-state index in [1.807, 2.05) is 48.5 Å². The van der Waals surface area contributed by atoms with Gasteiger partial charge >= 0.3 is 0 Å². The Bertz CT molecular complexity index is 815. The first-order valence-electron chi connectivity index (χ1n) is 7.60. The van der Waals surface area contributed by atoms with Gasteiger partial charge in [-0.2, -0.15) is 0 Å². The molecule has 0 aliphatic rings. The maximum absolute atomic E-state index is 6.19. The van der Waals surface area contributed by atoms with Crippen LogP contribution in [0.4, 0.5) is 10.7 Å². The summed E-state index contributed by atoms with van der Waals surface area (Å²) in [4.78, 5) is 0. The number of anilines is 2. The van der Waals surface area contributed by atoms with Crippen LogP contribution >= 0.6 is 11.3 Å². The summed E-state index contributed by atoms with van der Waals surface area (Å²) in [7, 11) is 3.27. The van der Waals surface area contributed by atoms with Crippen LogP contribution in [-0.2, 0) is 6.54 Å². The molecule has 0 atom stereocenters. The molecule has 0 aliphatic carbocycles. The van der Waals surface area contributed by atoms with Crippen molar-refractivity contribution in [3.05, 3.63) is 59.5 Å². The number of ether oxygens (including phenoxy) is 2. The molecule has 3 aromatic rings. The third-order valence-corrected chi connectivity index (χ3v) is 4.72. The second-order valence-electron chi connectivity index (χ2n) is 5.28. The van der Waals surface area contributed by atoms with Crippen LogP contribution in [0.25, 0.3) is 11.1 Å². The molecule has 0 bridgehead atoms. The fraction of sp³-hybridized carbons (Fsp3) is 0.158. The molecule has 1 heterocycles. The van der Waals surface area contributed by atoms with Gasteiger partial charge in [0.05, 0.1) is 19.2 Å². The second kappa shape index (κ2) is 7.27. The Kier molecular flexibility index (Phi) is 4.91. The van der Waals surface area contributed by atoms with Crippen LogP contribution in [0.3, 0.4) is 0 Å². The molecule has 0 saturated heterocycles. The minimum absolute atomic E-state index is 0.670. The number of hydrogen-bond donors (Lipinski definition) is 2. The lowest BCUT2D eigenvalue weighted by molar-refractivity contribution is 0.355. The molecule has 5 heteroatoms. The number of para-hydroxylation sites is 1. The number of rotatable bonds is 6. The van der Waals surface area contributed by atoms with Crippen molar-refractivity contribution in [1.29, 1.82) is 0 Å². The van der Waals surface area contributed by atoms with Crippen LogP contribution in [0, 0.1) is 0 Å². The highest BCUT2D eigenvalue weighted by Gasteiger charge is 2.13. The Balaban J connectivity index is 1.89. The lowest BCUT2D eigenvalue weighted by Crippen LogP contribution is -2.02. The summed E-state index contributed by atoms with van der Waals surface area (Å²) < 4.78 is 10.7. The average molecular weight is 340 g/mol. The van der Waals surface area contributed by atoms with Crippen molar-refractivity contribution < 1.29 is 9.47 Å². The Morgan fingerprint density at radius 1 is 1.00 bits per heavy atom. The van der Waals surface area contributed by atoms with Gasteiger partial charge in [-0.1, -0.05) is 24.3 Å². The van der Waals surface area contributed by atoms with E-state index in [9.17, 15) is 0 Å². The Morgan fingerprint density at radius 2 is 1.75 bits per heavy atom. The number of nitrogens with one attached hydrogen (secondary N) is 1. The van der Waals surface area contributed by atoms with E-state index in [1.165, 1.54) is 0 Å². The molecule has 0 radical (unpaired) electrons. The largest absolute Gasteiger partial charge is 0.493 e. The van der Waals surface area contributed by atoms with Gasteiger partial charge in [-0.05, 0) is 35.4 Å². The monoisotopic (exact) mass is 340 g/mol. The average Bonchev–Trinajstić information content (AvgIpc) is 3.00. The first kappa shape index (κ1) is 16.2. The molecule has 4 nitrogen and oxygen atoms in total. The summed E-state index contributed by atoms with van der Waals surface area (Å²) in [5.74, 6) is 1.43. The molecule has 0 unspecified atom stereocenters. The zero-order chi connectivity index (χ0) is 16.9. The summed E-state index contributed by atoms with van der Waals surface area (Å²) in [6.45, 7) is 0.670. The van der Waals surface area contributed by atoms with Gasteiger partial charge < -0.3 is 20.5 Å². The van der Waals surface area contributed by atoms with E-state index >= 15 is 0 Å². The topological polar surface area (TPSA) is 56.5 Å². The van der Waals surface area contributed by atoms with Crippen molar-refractivity contribution in [3.63, 3.8) is 0 Å². The molecule has 1 aromatic heterocycles. The standard InChI is InChI=1S/C19H20N2O2S/c1-22-17-9-8-13(10-18(17)23-2)16-12-24-19(20)15(16)11-21-14-6-4-3-5-7-14/h3-10,12,21H,11,20H2,1-2H3. The van der Waals surface area contributed by atoms with Gasteiger partial charge in [-0.3, -0.25) is 0 Å². The number of nitrogens with two attached hydrogens (primary N) is 1. The van der Waals surface area contributed by atoms with Crippen molar-refractivity contribution in [2.75, 3.05) is 25.3 Å². The van der Waals surface area contributed by atoms with E-state index in [0.29, 0.717) is 18.0 Å². The fourth-order valence-corrected chi connectivity index (χ4v) is 3.42. The van der Waals surface area contributed by atoms with Crippen molar-refractivity contribution in [2.24, 2.45) is 0 Å². The second-order valence-corrected chi connectivity index (χ2v) is 6.19. The van der Waals surface area contributed by atoms with Crippen molar-refractivity contribution >= 4 is 22.0 Å². The van der Waals surface area contributed by atoms with Crippen LogP contribution in [0.5, 0.6) is 11.5 Å². The summed E-state index contributed by atoms with van der Waals surface area (Å²) in [6, 6.07) is 16.0. The van der Waals surface area contributed by atoms with Crippen LogP contribution < -0.4 is 20.5 Å².